The highest BCUT2D eigenvalue weighted by Crippen LogP contribution is 1.99. The SMILES string of the molecule is [B]COC(=O)CCCCCO. The van der Waals surface area contributed by atoms with Gasteiger partial charge in [0, 0.05) is 19.5 Å². The third-order valence-corrected chi connectivity index (χ3v) is 1.28. The summed E-state index contributed by atoms with van der Waals surface area (Å²) >= 11 is 0. The molecule has 62 valence electrons. The van der Waals surface area contributed by atoms with Crippen LogP contribution in [0.2, 0.25) is 0 Å². The molecule has 4 heteroatoms. The Kier molecular flexibility index (Phi) is 7.25. The lowest BCUT2D eigenvalue weighted by Gasteiger charge is -2.00. The van der Waals surface area contributed by atoms with Crippen LogP contribution in [0, 0.1) is 0 Å². The summed E-state index contributed by atoms with van der Waals surface area (Å²) in [4.78, 5) is 10.6. The molecule has 0 aromatic carbocycles. The largest absolute Gasteiger partial charge is 0.476 e. The highest BCUT2D eigenvalue weighted by atomic mass is 16.5. The Balaban J connectivity index is 3.04. The fraction of sp³-hybridized carbons (Fsp3) is 0.857. The molecule has 0 aliphatic rings. The van der Waals surface area contributed by atoms with Crippen LogP contribution in [0.15, 0.2) is 0 Å². The van der Waals surface area contributed by atoms with E-state index in [-0.39, 0.29) is 19.1 Å². The maximum Gasteiger partial charge on any atom is 0.304 e. The predicted molar refractivity (Wildman–Crippen MR) is 42.3 cm³/mol. The molecule has 0 saturated heterocycles. The van der Waals surface area contributed by atoms with E-state index in [1.807, 2.05) is 0 Å². The molecule has 0 atom stereocenters. The Bertz CT molecular complexity index is 106. The van der Waals surface area contributed by atoms with E-state index in [4.69, 9.17) is 13.0 Å². The average Bonchev–Trinajstić information content (AvgIpc) is 1.99. The van der Waals surface area contributed by atoms with Gasteiger partial charge in [-0.25, -0.2) is 0 Å². The molecule has 0 rings (SSSR count). The topological polar surface area (TPSA) is 46.5 Å². The zero-order valence-electron chi connectivity index (χ0n) is 6.58. The minimum absolute atomic E-state index is 0.0428. The molecule has 3 nitrogen and oxygen atoms in total. The summed E-state index contributed by atoms with van der Waals surface area (Å²) in [6.45, 7) is 0.144. The lowest BCUT2D eigenvalue weighted by Crippen LogP contribution is -2.05. The standard InChI is InChI=1S/C7H13BO3/c8-6-11-7(10)4-2-1-3-5-9/h9H,1-6H2. The summed E-state index contributed by atoms with van der Waals surface area (Å²) in [7, 11) is 4.98. The van der Waals surface area contributed by atoms with Crippen molar-refractivity contribution >= 4 is 13.8 Å². The molecule has 0 bridgehead atoms. The van der Waals surface area contributed by atoms with Crippen LogP contribution in [-0.2, 0) is 9.53 Å². The quantitative estimate of drug-likeness (QED) is 0.339. The van der Waals surface area contributed by atoms with E-state index >= 15 is 0 Å². The van der Waals surface area contributed by atoms with Gasteiger partial charge in [-0.05, 0) is 12.8 Å². The second-order valence-corrected chi connectivity index (χ2v) is 2.22. The van der Waals surface area contributed by atoms with Crippen LogP contribution >= 0.6 is 0 Å². The highest BCUT2D eigenvalue weighted by Gasteiger charge is 1.99. The predicted octanol–water partition coefficient (Wildman–Crippen LogP) is 0.208. The normalized spacial score (nSPS) is 9.55. The molecule has 0 amide bonds. The number of unbranched alkanes of at least 4 members (excludes halogenated alkanes) is 2. The van der Waals surface area contributed by atoms with Crippen LogP contribution in [0.3, 0.4) is 0 Å². The fourth-order valence-electron chi connectivity index (χ4n) is 0.723. The van der Waals surface area contributed by atoms with Crippen molar-refractivity contribution in [2.75, 3.05) is 13.1 Å². The first-order chi connectivity index (χ1) is 5.31. The zero-order chi connectivity index (χ0) is 8.53. The second-order valence-electron chi connectivity index (χ2n) is 2.22. The van der Waals surface area contributed by atoms with Gasteiger partial charge < -0.3 is 9.84 Å². The average molecular weight is 156 g/mol. The van der Waals surface area contributed by atoms with Crippen LogP contribution in [0.5, 0.6) is 0 Å². The van der Waals surface area contributed by atoms with Crippen LogP contribution in [0.4, 0.5) is 0 Å². The van der Waals surface area contributed by atoms with Crippen molar-refractivity contribution in [2.24, 2.45) is 0 Å². The van der Waals surface area contributed by atoms with Gasteiger partial charge in [-0.15, -0.1) is 0 Å². The molecule has 2 radical (unpaired) electrons. The molecule has 0 fully saturated rings. The van der Waals surface area contributed by atoms with Gasteiger partial charge in [0.2, 0.25) is 0 Å². The van der Waals surface area contributed by atoms with E-state index in [1.54, 1.807) is 0 Å². The number of aliphatic hydroxyl groups is 1. The van der Waals surface area contributed by atoms with Gasteiger partial charge in [-0.3, -0.25) is 4.79 Å². The van der Waals surface area contributed by atoms with E-state index in [0.717, 1.165) is 19.3 Å². The molecule has 0 unspecified atom stereocenters. The molecular formula is C7H13BO3. The smallest absolute Gasteiger partial charge is 0.304 e. The third-order valence-electron chi connectivity index (χ3n) is 1.28. The minimum Gasteiger partial charge on any atom is -0.476 e. The number of carbonyl (C=O) groups excluding carboxylic acids is 1. The maximum absolute atomic E-state index is 10.6. The number of hydrogen-bond acceptors (Lipinski definition) is 3. The molecule has 11 heavy (non-hydrogen) atoms. The Labute approximate surface area is 68.1 Å². The Morgan fingerprint density at radius 2 is 2.09 bits per heavy atom. The molecule has 0 aromatic heterocycles. The summed E-state index contributed by atoms with van der Waals surface area (Å²) in [5.41, 5.74) is 0. The number of ether oxygens (including phenoxy) is 1. The molecule has 0 saturated carbocycles. The van der Waals surface area contributed by atoms with Gasteiger partial charge in [0.05, 0.1) is 0 Å². The van der Waals surface area contributed by atoms with Crippen molar-refractivity contribution in [2.45, 2.75) is 25.7 Å². The lowest BCUT2D eigenvalue weighted by atomic mass is 10.2. The van der Waals surface area contributed by atoms with Gasteiger partial charge in [0.15, 0.2) is 0 Å². The molecular weight excluding hydrogens is 143 g/mol. The van der Waals surface area contributed by atoms with Crippen LogP contribution in [0.1, 0.15) is 25.7 Å². The summed E-state index contributed by atoms with van der Waals surface area (Å²) in [5.74, 6) is -0.259. The summed E-state index contributed by atoms with van der Waals surface area (Å²) in [5, 5.41) is 8.40. The van der Waals surface area contributed by atoms with Crippen LogP contribution in [0.25, 0.3) is 0 Å². The van der Waals surface area contributed by atoms with Gasteiger partial charge in [0.25, 0.3) is 0 Å². The highest BCUT2D eigenvalue weighted by molar-refractivity contribution is 6.08. The summed E-state index contributed by atoms with van der Waals surface area (Å²) < 4.78 is 4.50. The molecule has 0 heterocycles. The monoisotopic (exact) mass is 156 g/mol. The minimum atomic E-state index is -0.259. The Morgan fingerprint density at radius 1 is 1.36 bits per heavy atom. The van der Waals surface area contributed by atoms with Crippen LogP contribution < -0.4 is 0 Å². The van der Waals surface area contributed by atoms with Crippen molar-refractivity contribution < 1.29 is 14.6 Å². The number of aliphatic hydroxyl groups excluding tert-OH is 1. The lowest BCUT2D eigenvalue weighted by molar-refractivity contribution is -0.141. The first-order valence-corrected chi connectivity index (χ1v) is 3.77. The molecule has 0 spiro atoms. The summed E-state index contributed by atoms with van der Waals surface area (Å²) in [6.07, 6.45) is 2.77. The molecule has 1 N–H and O–H groups in total. The zero-order valence-corrected chi connectivity index (χ0v) is 6.58. The van der Waals surface area contributed by atoms with Crippen molar-refractivity contribution in [3.63, 3.8) is 0 Å². The fourth-order valence-corrected chi connectivity index (χ4v) is 0.723. The molecule has 0 aliphatic heterocycles. The Morgan fingerprint density at radius 3 is 2.64 bits per heavy atom. The first kappa shape index (κ1) is 10.5. The van der Waals surface area contributed by atoms with Crippen LogP contribution in [-0.4, -0.2) is 32.0 Å². The van der Waals surface area contributed by atoms with Gasteiger partial charge in [-0.2, -0.15) is 0 Å². The van der Waals surface area contributed by atoms with Gasteiger partial charge in [-0.1, -0.05) is 6.42 Å². The van der Waals surface area contributed by atoms with E-state index in [1.165, 1.54) is 0 Å². The summed E-state index contributed by atoms with van der Waals surface area (Å²) in [6, 6.07) is 0. The molecule has 0 aliphatic carbocycles. The Hall–Kier alpha value is -0.505. The number of esters is 1. The van der Waals surface area contributed by atoms with E-state index in [0.29, 0.717) is 6.42 Å². The third kappa shape index (κ3) is 7.39. The first-order valence-electron chi connectivity index (χ1n) is 3.77. The van der Waals surface area contributed by atoms with E-state index < -0.39 is 0 Å². The van der Waals surface area contributed by atoms with Gasteiger partial charge in [0.1, 0.15) is 7.85 Å². The van der Waals surface area contributed by atoms with E-state index in [2.05, 4.69) is 4.74 Å². The number of rotatable bonds is 6. The number of carbonyl (C=O) groups is 1. The molecule has 0 aromatic rings. The number of hydrogen-bond donors (Lipinski definition) is 1. The van der Waals surface area contributed by atoms with Crippen molar-refractivity contribution in [3.8, 4) is 0 Å². The van der Waals surface area contributed by atoms with Crippen molar-refractivity contribution in [1.82, 2.24) is 0 Å². The van der Waals surface area contributed by atoms with Crippen molar-refractivity contribution in [1.29, 1.82) is 0 Å². The van der Waals surface area contributed by atoms with Crippen molar-refractivity contribution in [3.05, 3.63) is 0 Å². The maximum atomic E-state index is 10.6. The van der Waals surface area contributed by atoms with E-state index in [9.17, 15) is 4.79 Å². The second kappa shape index (κ2) is 7.60. The van der Waals surface area contributed by atoms with Gasteiger partial charge >= 0.3 is 5.97 Å².